The van der Waals surface area contributed by atoms with Gasteiger partial charge in [0.1, 0.15) is 0 Å². The summed E-state index contributed by atoms with van der Waals surface area (Å²) in [6.07, 6.45) is 5.88. The van der Waals surface area contributed by atoms with Crippen LogP contribution in [0.25, 0.3) is 0 Å². The van der Waals surface area contributed by atoms with Crippen molar-refractivity contribution in [2.24, 2.45) is 26.0 Å². The van der Waals surface area contributed by atoms with Gasteiger partial charge in [0.25, 0.3) is 0 Å². The first-order chi connectivity index (χ1) is 12.2. The van der Waals surface area contributed by atoms with Crippen LogP contribution in [0.2, 0.25) is 0 Å². The minimum absolute atomic E-state index is 0.00750. The van der Waals surface area contributed by atoms with Crippen LogP contribution in [0.3, 0.4) is 0 Å². The van der Waals surface area contributed by atoms with Crippen LogP contribution in [-0.4, -0.2) is 35.7 Å². The summed E-state index contributed by atoms with van der Waals surface area (Å²) in [7, 11) is 0. The van der Waals surface area contributed by atoms with Gasteiger partial charge in [0.05, 0.1) is 18.3 Å². The Morgan fingerprint density at radius 1 is 1.15 bits per heavy atom. The third-order valence-electron chi connectivity index (χ3n) is 4.52. The Hall–Kier alpha value is -2.55. The molecular weight excluding hydrogens is 330 g/mol. The van der Waals surface area contributed by atoms with Gasteiger partial charge in [-0.15, -0.1) is 0 Å². The molecule has 0 radical (unpaired) electrons. The summed E-state index contributed by atoms with van der Waals surface area (Å²) in [4.78, 5) is 28.0. The van der Waals surface area contributed by atoms with Gasteiger partial charge in [-0.3, -0.25) is 0 Å². The maximum Gasteiger partial charge on any atom is 0.235 e. The van der Waals surface area contributed by atoms with Crippen LogP contribution in [0.5, 0.6) is 0 Å². The van der Waals surface area contributed by atoms with Gasteiger partial charge >= 0.3 is 0 Å². The molecule has 6 nitrogen and oxygen atoms in total. The zero-order valence-corrected chi connectivity index (χ0v) is 15.9. The van der Waals surface area contributed by atoms with Crippen molar-refractivity contribution >= 4 is 17.9 Å². The molecule has 2 rings (SSSR count). The lowest BCUT2D eigenvalue weighted by Gasteiger charge is -2.44. The van der Waals surface area contributed by atoms with Crippen molar-refractivity contribution < 1.29 is 14.8 Å². The van der Waals surface area contributed by atoms with Crippen molar-refractivity contribution in [1.82, 2.24) is 0 Å². The molecule has 1 aliphatic carbocycles. The molecule has 0 heterocycles. The molecule has 1 saturated carbocycles. The van der Waals surface area contributed by atoms with E-state index in [0.29, 0.717) is 12.3 Å². The maximum absolute atomic E-state index is 10.3. The highest BCUT2D eigenvalue weighted by Gasteiger charge is 2.41. The fraction of sp³-hybridized carbons (Fsp3) is 0.550. The monoisotopic (exact) mass is 357 g/mol. The van der Waals surface area contributed by atoms with Gasteiger partial charge in [-0.1, -0.05) is 56.3 Å². The molecule has 26 heavy (non-hydrogen) atoms. The Balaban J connectivity index is 0.000000289. The summed E-state index contributed by atoms with van der Waals surface area (Å²) in [6, 6.07) is 9.54. The van der Waals surface area contributed by atoms with Crippen LogP contribution in [0.4, 0.5) is 0 Å². The molecule has 0 aliphatic heterocycles. The van der Waals surface area contributed by atoms with Crippen LogP contribution >= 0.6 is 0 Å². The SMILES string of the molecule is CC(=NO)c1ccccc1.CC1(C)CC(N=C=O)CC(C)(CN=C=O)C1. The smallest absolute Gasteiger partial charge is 0.235 e. The number of hydrogen-bond acceptors (Lipinski definition) is 6. The van der Waals surface area contributed by atoms with Crippen molar-refractivity contribution in [3.8, 4) is 0 Å². The van der Waals surface area contributed by atoms with E-state index in [1.165, 1.54) is 0 Å². The van der Waals surface area contributed by atoms with E-state index < -0.39 is 0 Å². The number of isocyanates is 2. The molecule has 0 saturated heterocycles. The highest BCUT2D eigenvalue weighted by atomic mass is 16.4. The minimum Gasteiger partial charge on any atom is -0.411 e. The predicted octanol–water partition coefficient (Wildman–Crippen LogP) is 4.13. The maximum atomic E-state index is 10.3. The van der Waals surface area contributed by atoms with Crippen LogP contribution in [0, 0.1) is 10.8 Å². The van der Waals surface area contributed by atoms with E-state index in [-0.39, 0.29) is 16.9 Å². The van der Waals surface area contributed by atoms with Gasteiger partial charge < -0.3 is 5.21 Å². The number of carbonyl (C=O) groups excluding carboxylic acids is 2. The first-order valence-corrected chi connectivity index (χ1v) is 8.60. The Morgan fingerprint density at radius 2 is 1.81 bits per heavy atom. The van der Waals surface area contributed by atoms with E-state index in [4.69, 9.17) is 5.21 Å². The van der Waals surface area contributed by atoms with Crippen molar-refractivity contribution in [2.45, 2.75) is 53.0 Å². The van der Waals surface area contributed by atoms with Crippen LogP contribution < -0.4 is 0 Å². The average Bonchev–Trinajstić information content (AvgIpc) is 2.59. The first kappa shape index (κ1) is 21.5. The van der Waals surface area contributed by atoms with Gasteiger partial charge in [-0.25, -0.2) is 19.6 Å². The predicted molar refractivity (Wildman–Crippen MR) is 101 cm³/mol. The normalized spacial score (nSPS) is 24.3. The summed E-state index contributed by atoms with van der Waals surface area (Å²) in [5, 5.41) is 11.5. The second-order valence-electron chi connectivity index (χ2n) is 7.89. The third-order valence-corrected chi connectivity index (χ3v) is 4.52. The zero-order valence-electron chi connectivity index (χ0n) is 15.9. The van der Waals surface area contributed by atoms with Gasteiger partial charge in [0, 0.05) is 0 Å². The summed E-state index contributed by atoms with van der Waals surface area (Å²) in [6.45, 7) is 8.62. The van der Waals surface area contributed by atoms with E-state index in [2.05, 4.69) is 35.9 Å². The van der Waals surface area contributed by atoms with E-state index in [1.807, 2.05) is 30.3 Å². The molecular formula is C20H27N3O3. The van der Waals surface area contributed by atoms with Crippen molar-refractivity contribution in [1.29, 1.82) is 0 Å². The Kier molecular flexibility index (Phi) is 8.11. The summed E-state index contributed by atoms with van der Waals surface area (Å²) < 4.78 is 0. The van der Waals surface area contributed by atoms with E-state index in [9.17, 15) is 9.59 Å². The van der Waals surface area contributed by atoms with Gasteiger partial charge in [-0.05, 0) is 42.6 Å². The number of aliphatic imine (C=N–C) groups is 2. The molecule has 1 aromatic carbocycles. The number of benzene rings is 1. The topological polar surface area (TPSA) is 91.4 Å². The van der Waals surface area contributed by atoms with E-state index in [0.717, 1.165) is 24.8 Å². The summed E-state index contributed by atoms with van der Waals surface area (Å²) in [5.74, 6) is 0. The lowest BCUT2D eigenvalue weighted by atomic mass is 9.63. The highest BCUT2D eigenvalue weighted by Crippen LogP contribution is 2.47. The Bertz CT molecular complexity index is 702. The van der Waals surface area contributed by atoms with Crippen molar-refractivity contribution in [2.75, 3.05) is 6.54 Å². The third kappa shape index (κ3) is 7.14. The van der Waals surface area contributed by atoms with Gasteiger partial charge in [0.15, 0.2) is 0 Å². The number of hydrogen-bond donors (Lipinski definition) is 1. The number of nitrogens with zero attached hydrogens (tertiary/aromatic N) is 3. The standard InChI is InChI=1S/C12H18N2O2.C8H9NO/c1-11(2)4-10(14-9-16)5-12(3,6-11)7-13-8-15;1-7(9-10)8-5-3-2-4-6-8/h10H,4-7H2,1-3H3;2-6,10H,1H3. The molecule has 0 amide bonds. The van der Waals surface area contributed by atoms with Crippen LogP contribution in [-0.2, 0) is 9.59 Å². The quantitative estimate of drug-likeness (QED) is 0.380. The number of oxime groups is 1. The lowest BCUT2D eigenvalue weighted by molar-refractivity contribution is 0.0915. The lowest BCUT2D eigenvalue weighted by Crippen LogP contribution is -2.39. The Labute approximate surface area is 154 Å². The zero-order chi connectivity index (χ0) is 19.6. The Morgan fingerprint density at radius 3 is 2.35 bits per heavy atom. The molecule has 140 valence electrons. The van der Waals surface area contributed by atoms with Gasteiger partial charge in [-0.2, -0.15) is 0 Å². The molecule has 6 heteroatoms. The summed E-state index contributed by atoms with van der Waals surface area (Å²) >= 11 is 0. The van der Waals surface area contributed by atoms with E-state index >= 15 is 0 Å². The fourth-order valence-electron chi connectivity index (χ4n) is 3.83. The van der Waals surface area contributed by atoms with Crippen LogP contribution in [0.15, 0.2) is 45.5 Å². The number of rotatable bonds is 4. The molecule has 2 unspecified atom stereocenters. The average molecular weight is 357 g/mol. The molecule has 1 aromatic rings. The summed E-state index contributed by atoms with van der Waals surface area (Å²) in [5.41, 5.74) is 1.64. The molecule has 1 aliphatic rings. The molecule has 1 N–H and O–H groups in total. The molecule has 0 aromatic heterocycles. The molecule has 0 bridgehead atoms. The first-order valence-electron chi connectivity index (χ1n) is 8.60. The fourth-order valence-corrected chi connectivity index (χ4v) is 3.83. The second-order valence-corrected chi connectivity index (χ2v) is 7.89. The second kappa shape index (κ2) is 9.81. The molecule has 1 fully saturated rings. The van der Waals surface area contributed by atoms with Crippen LogP contribution in [0.1, 0.15) is 52.5 Å². The van der Waals surface area contributed by atoms with Gasteiger partial charge in [0.2, 0.25) is 12.2 Å². The van der Waals surface area contributed by atoms with Crippen molar-refractivity contribution in [3.63, 3.8) is 0 Å². The highest BCUT2D eigenvalue weighted by molar-refractivity contribution is 5.98. The largest absolute Gasteiger partial charge is 0.411 e. The molecule has 2 atom stereocenters. The minimum atomic E-state index is -0.0653. The van der Waals surface area contributed by atoms with Crippen molar-refractivity contribution in [3.05, 3.63) is 35.9 Å². The van der Waals surface area contributed by atoms with E-state index in [1.54, 1.807) is 19.1 Å². The molecule has 0 spiro atoms.